The van der Waals surface area contributed by atoms with Crippen molar-refractivity contribution in [3.8, 4) is 11.6 Å². The molecular weight excluding hydrogens is 198 g/mol. The Labute approximate surface area is 87.3 Å². The first-order chi connectivity index (χ1) is 6.99. The quantitative estimate of drug-likeness (QED) is 0.720. The molecule has 1 aromatic heterocycles. The average molecular weight is 211 g/mol. The van der Waals surface area contributed by atoms with E-state index < -0.39 is 5.97 Å². The summed E-state index contributed by atoms with van der Waals surface area (Å²) in [6.07, 6.45) is 0. The monoisotopic (exact) mass is 211 g/mol. The van der Waals surface area contributed by atoms with Crippen molar-refractivity contribution in [2.45, 2.75) is 20.8 Å². The fourth-order valence-corrected chi connectivity index (χ4v) is 1.21. The maximum absolute atomic E-state index is 11.4. The first-order valence-corrected chi connectivity index (χ1v) is 4.55. The number of hydrogen-bond acceptors (Lipinski definition) is 5. The Morgan fingerprint density at radius 1 is 1.40 bits per heavy atom. The van der Waals surface area contributed by atoms with E-state index in [4.69, 9.17) is 4.74 Å². The average Bonchev–Trinajstić information content (AvgIpc) is 2.15. The van der Waals surface area contributed by atoms with Crippen molar-refractivity contribution in [2.24, 2.45) is 0 Å². The van der Waals surface area contributed by atoms with Gasteiger partial charge < -0.3 is 14.9 Å². The lowest BCUT2D eigenvalue weighted by Crippen LogP contribution is -2.09. The van der Waals surface area contributed by atoms with Gasteiger partial charge in [0, 0.05) is 0 Å². The summed E-state index contributed by atoms with van der Waals surface area (Å²) in [7, 11) is 0. The number of aromatic hydroxyl groups is 2. The molecule has 0 aliphatic heterocycles. The number of aryl methyl sites for hydroxylation is 1. The summed E-state index contributed by atoms with van der Waals surface area (Å²) in [6, 6.07) is 0. The third-order valence-corrected chi connectivity index (χ3v) is 2.04. The third-order valence-electron chi connectivity index (χ3n) is 2.04. The van der Waals surface area contributed by atoms with Crippen LogP contribution in [0.3, 0.4) is 0 Å². The van der Waals surface area contributed by atoms with Crippen LogP contribution < -0.4 is 0 Å². The zero-order valence-electron chi connectivity index (χ0n) is 8.87. The molecule has 0 amide bonds. The van der Waals surface area contributed by atoms with Crippen molar-refractivity contribution < 1.29 is 19.7 Å². The van der Waals surface area contributed by atoms with E-state index in [9.17, 15) is 15.0 Å². The molecule has 5 heteroatoms. The fraction of sp³-hybridized carbons (Fsp3) is 0.400. The van der Waals surface area contributed by atoms with Crippen molar-refractivity contribution in [3.05, 3.63) is 16.8 Å². The molecule has 5 nitrogen and oxygen atoms in total. The molecule has 0 saturated carbocycles. The molecule has 0 saturated heterocycles. The number of rotatable bonds is 2. The number of pyridine rings is 1. The van der Waals surface area contributed by atoms with Crippen LogP contribution in [0, 0.1) is 13.8 Å². The molecule has 1 heterocycles. The SMILES string of the molecule is CCOC(=O)c1c(C)nc(O)c(C)c1O. The minimum absolute atomic E-state index is 0.00662. The molecule has 0 fully saturated rings. The molecule has 2 N–H and O–H groups in total. The number of esters is 1. The number of nitrogens with zero attached hydrogens (tertiary/aromatic N) is 1. The van der Waals surface area contributed by atoms with E-state index >= 15 is 0 Å². The van der Waals surface area contributed by atoms with Crippen LogP contribution in [0.4, 0.5) is 0 Å². The summed E-state index contributed by atoms with van der Waals surface area (Å²) in [4.78, 5) is 15.2. The Morgan fingerprint density at radius 3 is 2.53 bits per heavy atom. The summed E-state index contributed by atoms with van der Waals surface area (Å²) in [6.45, 7) is 4.88. The number of carbonyl (C=O) groups is 1. The lowest BCUT2D eigenvalue weighted by atomic mass is 10.1. The minimum Gasteiger partial charge on any atom is -0.506 e. The van der Waals surface area contributed by atoms with Gasteiger partial charge in [0.25, 0.3) is 0 Å². The van der Waals surface area contributed by atoms with Crippen LogP contribution in [0.1, 0.15) is 28.5 Å². The zero-order chi connectivity index (χ0) is 11.6. The molecule has 0 atom stereocenters. The van der Waals surface area contributed by atoms with E-state index in [1.54, 1.807) is 6.92 Å². The van der Waals surface area contributed by atoms with Gasteiger partial charge in [-0.25, -0.2) is 9.78 Å². The topological polar surface area (TPSA) is 79.7 Å². The number of ether oxygens (including phenoxy) is 1. The molecule has 0 aliphatic rings. The van der Waals surface area contributed by atoms with Gasteiger partial charge in [0.05, 0.1) is 17.9 Å². The highest BCUT2D eigenvalue weighted by molar-refractivity contribution is 5.94. The molecule has 1 aromatic rings. The lowest BCUT2D eigenvalue weighted by molar-refractivity contribution is 0.0521. The van der Waals surface area contributed by atoms with E-state index in [0.29, 0.717) is 0 Å². The maximum atomic E-state index is 11.4. The predicted molar refractivity (Wildman–Crippen MR) is 53.0 cm³/mol. The third kappa shape index (κ3) is 2.01. The van der Waals surface area contributed by atoms with Crippen LogP contribution in [0.5, 0.6) is 11.6 Å². The molecule has 1 rings (SSSR count). The largest absolute Gasteiger partial charge is 0.506 e. The second-order valence-corrected chi connectivity index (χ2v) is 3.09. The number of hydrogen-bond donors (Lipinski definition) is 2. The van der Waals surface area contributed by atoms with Gasteiger partial charge in [-0.3, -0.25) is 0 Å². The minimum atomic E-state index is -0.636. The van der Waals surface area contributed by atoms with Gasteiger partial charge in [0.2, 0.25) is 5.88 Å². The van der Waals surface area contributed by atoms with Gasteiger partial charge in [-0.2, -0.15) is 0 Å². The van der Waals surface area contributed by atoms with Gasteiger partial charge in [0.1, 0.15) is 11.3 Å². The highest BCUT2D eigenvalue weighted by atomic mass is 16.5. The Morgan fingerprint density at radius 2 is 2.00 bits per heavy atom. The molecule has 0 aromatic carbocycles. The Kier molecular flexibility index (Phi) is 3.14. The van der Waals surface area contributed by atoms with E-state index in [0.717, 1.165) is 0 Å². The van der Waals surface area contributed by atoms with Crippen LogP contribution in [0.15, 0.2) is 0 Å². The predicted octanol–water partition coefficient (Wildman–Crippen LogP) is 1.29. The molecule has 0 bridgehead atoms. The van der Waals surface area contributed by atoms with Crippen LogP contribution in [0.2, 0.25) is 0 Å². The van der Waals surface area contributed by atoms with Crippen molar-refractivity contribution >= 4 is 5.97 Å². The Balaban J connectivity index is 3.29. The second-order valence-electron chi connectivity index (χ2n) is 3.09. The number of aromatic nitrogens is 1. The lowest BCUT2D eigenvalue weighted by Gasteiger charge is -2.10. The molecular formula is C10H13NO4. The van der Waals surface area contributed by atoms with Gasteiger partial charge in [-0.05, 0) is 20.8 Å². The Bertz CT molecular complexity index is 401. The highest BCUT2D eigenvalue weighted by Crippen LogP contribution is 2.30. The summed E-state index contributed by atoms with van der Waals surface area (Å²) < 4.78 is 4.76. The van der Waals surface area contributed by atoms with Crippen LogP contribution >= 0.6 is 0 Å². The summed E-state index contributed by atoms with van der Waals surface area (Å²) in [5.41, 5.74) is 0.421. The maximum Gasteiger partial charge on any atom is 0.343 e. The van der Waals surface area contributed by atoms with E-state index in [1.807, 2.05) is 0 Å². The van der Waals surface area contributed by atoms with Gasteiger partial charge in [-0.1, -0.05) is 0 Å². The first kappa shape index (κ1) is 11.3. The van der Waals surface area contributed by atoms with Crippen molar-refractivity contribution in [1.29, 1.82) is 0 Å². The Hall–Kier alpha value is -1.78. The first-order valence-electron chi connectivity index (χ1n) is 4.55. The van der Waals surface area contributed by atoms with Gasteiger partial charge in [-0.15, -0.1) is 0 Å². The zero-order valence-corrected chi connectivity index (χ0v) is 8.87. The van der Waals surface area contributed by atoms with Crippen molar-refractivity contribution in [3.63, 3.8) is 0 Å². The van der Waals surface area contributed by atoms with Crippen LogP contribution in [-0.4, -0.2) is 27.8 Å². The van der Waals surface area contributed by atoms with E-state index in [2.05, 4.69) is 4.98 Å². The molecule has 0 spiro atoms. The number of carbonyl (C=O) groups excluding carboxylic acids is 1. The van der Waals surface area contributed by atoms with E-state index in [-0.39, 0.29) is 35.1 Å². The smallest absolute Gasteiger partial charge is 0.343 e. The van der Waals surface area contributed by atoms with Crippen molar-refractivity contribution in [1.82, 2.24) is 4.98 Å². The van der Waals surface area contributed by atoms with Gasteiger partial charge in [0.15, 0.2) is 0 Å². The fourth-order valence-electron chi connectivity index (χ4n) is 1.21. The normalized spacial score (nSPS) is 10.1. The second kappa shape index (κ2) is 4.16. The van der Waals surface area contributed by atoms with Crippen LogP contribution in [-0.2, 0) is 4.74 Å². The summed E-state index contributed by atoms with van der Waals surface area (Å²) >= 11 is 0. The molecule has 0 unspecified atom stereocenters. The molecule has 0 radical (unpaired) electrons. The van der Waals surface area contributed by atoms with Crippen molar-refractivity contribution in [2.75, 3.05) is 6.61 Å². The highest BCUT2D eigenvalue weighted by Gasteiger charge is 2.20. The van der Waals surface area contributed by atoms with Crippen LogP contribution in [0.25, 0.3) is 0 Å². The van der Waals surface area contributed by atoms with E-state index in [1.165, 1.54) is 13.8 Å². The molecule has 82 valence electrons. The van der Waals surface area contributed by atoms with Gasteiger partial charge >= 0.3 is 5.97 Å². The summed E-state index contributed by atoms with van der Waals surface area (Å²) in [5, 5.41) is 18.9. The molecule has 0 aliphatic carbocycles. The standard InChI is InChI=1S/C10H13NO4/c1-4-15-10(14)7-6(3)11-9(13)5(2)8(7)12/h4H2,1-3H3,(H2,11,12,13). The summed E-state index contributed by atoms with van der Waals surface area (Å²) in [5.74, 6) is -1.19. The molecule has 15 heavy (non-hydrogen) atoms.